The second-order valence-corrected chi connectivity index (χ2v) is 4.75. The standard InChI is InChI=1S/C16H16NO/c1-11-6-4-5-7-13(11)15-14-8-9-18-16(14)12(2)10-17(15)3/h4-10H,1-3H3/q+1. The molecule has 0 aliphatic rings. The number of fused-ring (bicyclic) bond motifs is 1. The molecule has 0 aliphatic carbocycles. The molecule has 0 spiro atoms. The highest BCUT2D eigenvalue weighted by Gasteiger charge is 2.19. The molecule has 2 nitrogen and oxygen atoms in total. The van der Waals surface area contributed by atoms with Gasteiger partial charge in [-0.2, -0.15) is 4.57 Å². The zero-order chi connectivity index (χ0) is 12.7. The van der Waals surface area contributed by atoms with E-state index in [0.717, 1.165) is 11.1 Å². The van der Waals surface area contributed by atoms with E-state index in [1.54, 1.807) is 6.26 Å². The predicted octanol–water partition coefficient (Wildman–Crippen LogP) is 3.54. The van der Waals surface area contributed by atoms with Crippen molar-refractivity contribution >= 4 is 11.0 Å². The van der Waals surface area contributed by atoms with Crippen LogP contribution in [0.3, 0.4) is 0 Å². The fraction of sp³-hybridized carbons (Fsp3) is 0.188. The molecule has 0 amide bonds. The molecular formula is C16H16NO+. The first-order valence-corrected chi connectivity index (χ1v) is 6.11. The van der Waals surface area contributed by atoms with Gasteiger partial charge >= 0.3 is 0 Å². The molecule has 2 aromatic heterocycles. The summed E-state index contributed by atoms with van der Waals surface area (Å²) in [6.07, 6.45) is 3.88. The van der Waals surface area contributed by atoms with Crippen LogP contribution in [0.4, 0.5) is 0 Å². The second-order valence-electron chi connectivity index (χ2n) is 4.75. The van der Waals surface area contributed by atoms with Crippen LogP contribution in [0.25, 0.3) is 22.2 Å². The Bertz CT molecular complexity index is 725. The number of hydrogen-bond donors (Lipinski definition) is 0. The second kappa shape index (κ2) is 3.98. The summed E-state index contributed by atoms with van der Waals surface area (Å²) in [5.41, 5.74) is 5.88. The number of nitrogens with zero attached hydrogens (tertiary/aromatic N) is 1. The van der Waals surface area contributed by atoms with Gasteiger partial charge in [0.15, 0.2) is 6.20 Å². The van der Waals surface area contributed by atoms with Gasteiger partial charge < -0.3 is 4.42 Å². The van der Waals surface area contributed by atoms with Crippen molar-refractivity contribution in [2.45, 2.75) is 13.8 Å². The van der Waals surface area contributed by atoms with Crippen molar-refractivity contribution in [3.8, 4) is 11.3 Å². The van der Waals surface area contributed by atoms with Crippen LogP contribution in [0.15, 0.2) is 47.2 Å². The zero-order valence-electron chi connectivity index (χ0n) is 10.9. The van der Waals surface area contributed by atoms with Crippen molar-refractivity contribution in [2.24, 2.45) is 7.05 Å². The number of benzene rings is 1. The average molecular weight is 238 g/mol. The van der Waals surface area contributed by atoms with Crippen LogP contribution in [-0.4, -0.2) is 0 Å². The van der Waals surface area contributed by atoms with Gasteiger partial charge in [0, 0.05) is 5.56 Å². The maximum absolute atomic E-state index is 5.59. The topological polar surface area (TPSA) is 17.0 Å². The van der Waals surface area contributed by atoms with Crippen molar-refractivity contribution in [2.75, 3.05) is 0 Å². The van der Waals surface area contributed by atoms with Crippen LogP contribution in [0.1, 0.15) is 11.1 Å². The fourth-order valence-electron chi connectivity index (χ4n) is 2.58. The first kappa shape index (κ1) is 11.0. The van der Waals surface area contributed by atoms with Crippen molar-refractivity contribution in [3.05, 3.63) is 53.9 Å². The highest BCUT2D eigenvalue weighted by atomic mass is 16.3. The monoisotopic (exact) mass is 238 g/mol. The molecule has 0 aliphatic heterocycles. The number of aryl methyl sites for hydroxylation is 3. The van der Waals surface area contributed by atoms with Gasteiger partial charge in [-0.05, 0) is 31.5 Å². The van der Waals surface area contributed by atoms with Crippen molar-refractivity contribution in [3.63, 3.8) is 0 Å². The number of rotatable bonds is 1. The maximum Gasteiger partial charge on any atom is 0.223 e. The number of aromatic nitrogens is 1. The van der Waals surface area contributed by atoms with E-state index in [1.807, 2.05) is 6.07 Å². The lowest BCUT2D eigenvalue weighted by atomic mass is 10.0. The Kier molecular flexibility index (Phi) is 2.44. The van der Waals surface area contributed by atoms with Gasteiger partial charge in [-0.1, -0.05) is 18.2 Å². The Hall–Kier alpha value is -2.09. The molecule has 18 heavy (non-hydrogen) atoms. The molecule has 1 aromatic carbocycles. The lowest BCUT2D eigenvalue weighted by Gasteiger charge is -2.06. The van der Waals surface area contributed by atoms with E-state index < -0.39 is 0 Å². The quantitative estimate of drug-likeness (QED) is 0.593. The summed E-state index contributed by atoms with van der Waals surface area (Å²) in [7, 11) is 2.08. The Labute approximate surface area is 106 Å². The van der Waals surface area contributed by atoms with Crippen molar-refractivity contribution < 1.29 is 8.98 Å². The molecular weight excluding hydrogens is 222 g/mol. The largest absolute Gasteiger partial charge is 0.464 e. The van der Waals surface area contributed by atoms with Gasteiger partial charge in [0.1, 0.15) is 12.6 Å². The van der Waals surface area contributed by atoms with E-state index >= 15 is 0 Å². The lowest BCUT2D eigenvalue weighted by molar-refractivity contribution is -0.659. The van der Waals surface area contributed by atoms with Crippen LogP contribution in [0.5, 0.6) is 0 Å². The Balaban J connectivity index is 2.43. The summed E-state index contributed by atoms with van der Waals surface area (Å²) in [6, 6.07) is 10.5. The molecule has 0 fully saturated rings. The molecule has 0 saturated heterocycles. The molecule has 0 saturated carbocycles. The van der Waals surface area contributed by atoms with E-state index in [0.29, 0.717) is 0 Å². The van der Waals surface area contributed by atoms with Crippen LogP contribution < -0.4 is 4.57 Å². The van der Waals surface area contributed by atoms with Crippen molar-refractivity contribution in [1.82, 2.24) is 0 Å². The van der Waals surface area contributed by atoms with E-state index in [1.165, 1.54) is 22.2 Å². The summed E-state index contributed by atoms with van der Waals surface area (Å²) in [5, 5.41) is 1.17. The zero-order valence-corrected chi connectivity index (χ0v) is 10.9. The van der Waals surface area contributed by atoms with E-state index in [2.05, 4.69) is 55.9 Å². The van der Waals surface area contributed by atoms with E-state index in [-0.39, 0.29) is 0 Å². The first-order valence-electron chi connectivity index (χ1n) is 6.11. The highest BCUT2D eigenvalue weighted by Crippen LogP contribution is 2.29. The maximum atomic E-state index is 5.59. The van der Waals surface area contributed by atoms with Gasteiger partial charge in [-0.3, -0.25) is 0 Å². The summed E-state index contributed by atoms with van der Waals surface area (Å²) < 4.78 is 7.77. The Morgan fingerprint density at radius 3 is 2.56 bits per heavy atom. The van der Waals surface area contributed by atoms with E-state index in [9.17, 15) is 0 Å². The van der Waals surface area contributed by atoms with Crippen LogP contribution in [0.2, 0.25) is 0 Å². The lowest BCUT2D eigenvalue weighted by Crippen LogP contribution is -2.31. The summed E-state index contributed by atoms with van der Waals surface area (Å²) >= 11 is 0. The molecule has 90 valence electrons. The third kappa shape index (κ3) is 1.53. The smallest absolute Gasteiger partial charge is 0.223 e. The molecule has 2 heterocycles. The molecule has 0 N–H and O–H groups in total. The predicted molar refractivity (Wildman–Crippen MR) is 72.3 cm³/mol. The van der Waals surface area contributed by atoms with Gasteiger partial charge in [0.2, 0.25) is 5.69 Å². The SMILES string of the molecule is Cc1ccccc1-c1c2ccoc2c(C)c[n+]1C. The van der Waals surface area contributed by atoms with Gasteiger partial charge in [-0.15, -0.1) is 0 Å². The molecule has 2 heteroatoms. The van der Waals surface area contributed by atoms with E-state index in [4.69, 9.17) is 4.42 Å². The molecule has 0 radical (unpaired) electrons. The molecule has 0 atom stereocenters. The summed E-state index contributed by atoms with van der Waals surface area (Å²) in [6.45, 7) is 4.22. The minimum absolute atomic E-state index is 0.978. The van der Waals surface area contributed by atoms with Gasteiger partial charge in [0.05, 0.1) is 17.2 Å². The first-order chi connectivity index (χ1) is 8.68. The van der Waals surface area contributed by atoms with Crippen LogP contribution in [0, 0.1) is 13.8 Å². The highest BCUT2D eigenvalue weighted by molar-refractivity contribution is 5.92. The number of furan rings is 1. The summed E-state index contributed by atoms with van der Waals surface area (Å²) in [4.78, 5) is 0. The Morgan fingerprint density at radius 1 is 1.00 bits per heavy atom. The molecule has 0 unspecified atom stereocenters. The minimum atomic E-state index is 0.978. The van der Waals surface area contributed by atoms with Crippen LogP contribution in [-0.2, 0) is 7.05 Å². The summed E-state index contributed by atoms with van der Waals surface area (Å²) in [5.74, 6) is 0. The molecule has 0 bridgehead atoms. The average Bonchev–Trinajstić information content (AvgIpc) is 2.81. The number of pyridine rings is 1. The molecule has 3 rings (SSSR count). The number of hydrogen-bond acceptors (Lipinski definition) is 1. The van der Waals surface area contributed by atoms with Gasteiger partial charge in [-0.25, -0.2) is 0 Å². The van der Waals surface area contributed by atoms with Crippen LogP contribution >= 0.6 is 0 Å². The minimum Gasteiger partial charge on any atom is -0.464 e. The third-order valence-electron chi connectivity index (χ3n) is 3.42. The normalized spacial score (nSPS) is 11.1. The fourth-order valence-corrected chi connectivity index (χ4v) is 2.58. The van der Waals surface area contributed by atoms with Gasteiger partial charge in [0.25, 0.3) is 0 Å². The van der Waals surface area contributed by atoms with Crippen molar-refractivity contribution in [1.29, 1.82) is 0 Å². The third-order valence-corrected chi connectivity index (χ3v) is 3.42. The Morgan fingerprint density at radius 2 is 1.78 bits per heavy atom. The molecule has 3 aromatic rings.